The van der Waals surface area contributed by atoms with Crippen molar-refractivity contribution in [2.45, 2.75) is 26.7 Å². The van der Waals surface area contributed by atoms with E-state index in [4.69, 9.17) is 4.74 Å². The van der Waals surface area contributed by atoms with Crippen molar-refractivity contribution < 1.29 is 14.3 Å². The molecule has 2 aromatic rings. The quantitative estimate of drug-likeness (QED) is 0.928. The maximum absolute atomic E-state index is 12.4. The Bertz CT molecular complexity index is 797. The molecule has 2 aromatic carbocycles. The molecule has 25 heavy (non-hydrogen) atoms. The third-order valence-electron chi connectivity index (χ3n) is 4.22. The van der Waals surface area contributed by atoms with Crippen LogP contribution in [-0.2, 0) is 9.59 Å². The van der Waals surface area contributed by atoms with Crippen molar-refractivity contribution in [2.75, 3.05) is 23.4 Å². The molecule has 5 heteroatoms. The lowest BCUT2D eigenvalue weighted by molar-refractivity contribution is -0.123. The van der Waals surface area contributed by atoms with Gasteiger partial charge in [0.05, 0.1) is 5.69 Å². The van der Waals surface area contributed by atoms with E-state index in [1.165, 1.54) is 10.5 Å². The second-order valence-corrected chi connectivity index (χ2v) is 6.56. The second-order valence-electron chi connectivity index (χ2n) is 6.56. The summed E-state index contributed by atoms with van der Waals surface area (Å²) in [5, 5.41) is 2.84. The van der Waals surface area contributed by atoms with Crippen molar-refractivity contribution in [2.24, 2.45) is 0 Å². The highest BCUT2D eigenvalue weighted by atomic mass is 16.5. The lowest BCUT2D eigenvalue weighted by Crippen LogP contribution is -2.43. The topological polar surface area (TPSA) is 58.6 Å². The average Bonchev–Trinajstić information content (AvgIpc) is 2.58. The Hall–Kier alpha value is -2.82. The van der Waals surface area contributed by atoms with Crippen LogP contribution < -0.4 is 15.0 Å². The molecule has 3 rings (SSSR count). The zero-order chi connectivity index (χ0) is 18.0. The SMILES string of the molecule is Cc1ccc2c(c1)OCC(=O)N2CC(=O)Nc1ccc(C(C)C)cc1. The van der Waals surface area contributed by atoms with E-state index in [0.29, 0.717) is 17.4 Å². The van der Waals surface area contributed by atoms with Gasteiger partial charge in [-0.1, -0.05) is 32.0 Å². The molecule has 5 nitrogen and oxygen atoms in total. The Morgan fingerprint density at radius 3 is 2.60 bits per heavy atom. The van der Waals surface area contributed by atoms with Crippen LogP contribution in [0.5, 0.6) is 5.75 Å². The Morgan fingerprint density at radius 2 is 1.92 bits per heavy atom. The molecule has 130 valence electrons. The van der Waals surface area contributed by atoms with Crippen LogP contribution in [0, 0.1) is 6.92 Å². The van der Waals surface area contributed by atoms with Gasteiger partial charge in [-0.2, -0.15) is 0 Å². The van der Waals surface area contributed by atoms with Gasteiger partial charge < -0.3 is 10.1 Å². The molecule has 0 aromatic heterocycles. The smallest absolute Gasteiger partial charge is 0.265 e. The Morgan fingerprint density at radius 1 is 1.20 bits per heavy atom. The number of carbonyl (C=O) groups excluding carboxylic acids is 2. The monoisotopic (exact) mass is 338 g/mol. The van der Waals surface area contributed by atoms with Crippen molar-refractivity contribution in [3.8, 4) is 5.75 Å². The first-order chi connectivity index (χ1) is 11.9. The third-order valence-corrected chi connectivity index (χ3v) is 4.22. The molecule has 1 N–H and O–H groups in total. The van der Waals surface area contributed by atoms with Crippen LogP contribution in [0.4, 0.5) is 11.4 Å². The fourth-order valence-electron chi connectivity index (χ4n) is 2.78. The van der Waals surface area contributed by atoms with E-state index in [9.17, 15) is 9.59 Å². The summed E-state index contributed by atoms with van der Waals surface area (Å²) in [5.41, 5.74) is 3.61. The summed E-state index contributed by atoms with van der Waals surface area (Å²) >= 11 is 0. The van der Waals surface area contributed by atoms with Crippen LogP contribution in [0.1, 0.15) is 30.9 Å². The van der Waals surface area contributed by atoms with Gasteiger partial charge in [-0.25, -0.2) is 0 Å². The molecule has 0 spiro atoms. The zero-order valence-electron chi connectivity index (χ0n) is 14.7. The highest BCUT2D eigenvalue weighted by Crippen LogP contribution is 2.32. The average molecular weight is 338 g/mol. The zero-order valence-corrected chi connectivity index (χ0v) is 14.7. The van der Waals surface area contributed by atoms with Gasteiger partial charge in [0.2, 0.25) is 5.91 Å². The summed E-state index contributed by atoms with van der Waals surface area (Å²) < 4.78 is 5.46. The summed E-state index contributed by atoms with van der Waals surface area (Å²) in [6.45, 7) is 6.11. The minimum atomic E-state index is -0.237. The van der Waals surface area contributed by atoms with E-state index >= 15 is 0 Å². The van der Waals surface area contributed by atoms with E-state index in [1.54, 1.807) is 0 Å². The van der Waals surface area contributed by atoms with Crippen LogP contribution in [0.2, 0.25) is 0 Å². The molecule has 1 aliphatic rings. The minimum absolute atomic E-state index is 0.0375. The first-order valence-electron chi connectivity index (χ1n) is 8.37. The fraction of sp³-hybridized carbons (Fsp3) is 0.300. The van der Waals surface area contributed by atoms with Crippen LogP contribution in [0.3, 0.4) is 0 Å². The molecular weight excluding hydrogens is 316 g/mol. The Balaban J connectivity index is 1.71. The van der Waals surface area contributed by atoms with Crippen LogP contribution in [0.15, 0.2) is 42.5 Å². The number of benzene rings is 2. The normalized spacial score (nSPS) is 13.4. The number of anilines is 2. The standard InChI is InChI=1S/C20H22N2O3/c1-13(2)15-5-7-16(8-6-15)21-19(23)11-22-17-9-4-14(3)10-18(17)25-12-20(22)24/h4-10,13H,11-12H2,1-3H3,(H,21,23). The number of hydrogen-bond donors (Lipinski definition) is 1. The molecule has 1 aliphatic heterocycles. The van der Waals surface area contributed by atoms with Crippen molar-refractivity contribution in [1.82, 2.24) is 0 Å². The summed E-state index contributed by atoms with van der Waals surface area (Å²) in [4.78, 5) is 26.0. The van der Waals surface area contributed by atoms with Crippen molar-refractivity contribution in [3.05, 3.63) is 53.6 Å². The number of nitrogens with one attached hydrogen (secondary N) is 1. The number of ether oxygens (including phenoxy) is 1. The van der Waals surface area contributed by atoms with Gasteiger partial charge in [0, 0.05) is 5.69 Å². The van der Waals surface area contributed by atoms with Gasteiger partial charge in [-0.15, -0.1) is 0 Å². The van der Waals surface area contributed by atoms with Crippen LogP contribution >= 0.6 is 0 Å². The Labute approximate surface area is 147 Å². The second kappa shape index (κ2) is 6.97. The number of hydrogen-bond acceptors (Lipinski definition) is 3. The van der Waals surface area contributed by atoms with Gasteiger partial charge in [0.25, 0.3) is 5.91 Å². The van der Waals surface area contributed by atoms with Crippen LogP contribution in [-0.4, -0.2) is 25.0 Å². The summed E-state index contributed by atoms with van der Waals surface area (Å²) in [6, 6.07) is 13.3. The number of amides is 2. The molecule has 2 amide bonds. The molecular formula is C20H22N2O3. The predicted molar refractivity (Wildman–Crippen MR) is 98.2 cm³/mol. The maximum Gasteiger partial charge on any atom is 0.265 e. The van der Waals surface area contributed by atoms with Gasteiger partial charge >= 0.3 is 0 Å². The van der Waals surface area contributed by atoms with E-state index in [0.717, 1.165) is 11.3 Å². The van der Waals surface area contributed by atoms with E-state index in [-0.39, 0.29) is 25.0 Å². The molecule has 1 heterocycles. The number of nitrogens with zero attached hydrogens (tertiary/aromatic N) is 1. The number of carbonyl (C=O) groups is 2. The van der Waals surface area contributed by atoms with Crippen molar-refractivity contribution in [1.29, 1.82) is 0 Å². The molecule has 0 saturated heterocycles. The summed E-state index contributed by atoms with van der Waals surface area (Å²) in [5.74, 6) is 0.616. The first-order valence-corrected chi connectivity index (χ1v) is 8.37. The van der Waals surface area contributed by atoms with Crippen LogP contribution in [0.25, 0.3) is 0 Å². The summed E-state index contributed by atoms with van der Waals surface area (Å²) in [7, 11) is 0. The first kappa shape index (κ1) is 17.0. The molecule has 0 unspecified atom stereocenters. The van der Waals surface area contributed by atoms with E-state index in [2.05, 4.69) is 19.2 Å². The maximum atomic E-state index is 12.4. The third kappa shape index (κ3) is 3.82. The van der Waals surface area contributed by atoms with Gasteiger partial charge in [0.1, 0.15) is 12.3 Å². The van der Waals surface area contributed by atoms with Crippen molar-refractivity contribution in [3.63, 3.8) is 0 Å². The highest BCUT2D eigenvalue weighted by molar-refractivity contribution is 6.05. The predicted octanol–water partition coefficient (Wildman–Crippen LogP) is 3.48. The largest absolute Gasteiger partial charge is 0.482 e. The molecule has 0 aliphatic carbocycles. The lowest BCUT2D eigenvalue weighted by Gasteiger charge is -2.29. The molecule has 0 fully saturated rings. The van der Waals surface area contributed by atoms with Gasteiger partial charge in [-0.05, 0) is 48.2 Å². The van der Waals surface area contributed by atoms with E-state index < -0.39 is 0 Å². The molecule has 0 saturated carbocycles. The highest BCUT2D eigenvalue weighted by Gasteiger charge is 2.27. The van der Waals surface area contributed by atoms with Gasteiger partial charge in [-0.3, -0.25) is 14.5 Å². The fourth-order valence-corrected chi connectivity index (χ4v) is 2.78. The Kier molecular flexibility index (Phi) is 4.74. The molecule has 0 atom stereocenters. The lowest BCUT2D eigenvalue weighted by atomic mass is 10.0. The van der Waals surface area contributed by atoms with E-state index in [1.807, 2.05) is 49.4 Å². The van der Waals surface area contributed by atoms with Crippen molar-refractivity contribution >= 4 is 23.2 Å². The minimum Gasteiger partial charge on any atom is -0.482 e. The van der Waals surface area contributed by atoms with Gasteiger partial charge in [0.15, 0.2) is 6.61 Å². The molecule has 0 radical (unpaired) electrons. The number of rotatable bonds is 4. The number of fused-ring (bicyclic) bond motifs is 1. The molecule has 0 bridgehead atoms. The number of aryl methyl sites for hydroxylation is 1. The summed E-state index contributed by atoms with van der Waals surface area (Å²) in [6.07, 6.45) is 0.